The Hall–Kier alpha value is -3.54. The van der Waals surface area contributed by atoms with Crippen LogP contribution in [0.4, 0.5) is 0 Å². The number of ether oxygens (including phenoxy) is 2. The zero-order chi connectivity index (χ0) is 28.2. The number of nitrogens with one attached hydrogen (secondary N) is 1. The minimum atomic E-state index is -3.88. The molecule has 0 aliphatic rings. The van der Waals surface area contributed by atoms with Crippen LogP contribution in [0.15, 0.2) is 62.9 Å². The SMILES string of the molecule is CCOC(=O)Cc1ccccc1OCc1cc(-c2csc(/C(C)=N\S(=O)(=O)NC(C)(C)C)n2)c2occc2c1. The van der Waals surface area contributed by atoms with Crippen LogP contribution in [0.2, 0.25) is 0 Å². The lowest BCUT2D eigenvalue weighted by Crippen LogP contribution is -2.39. The van der Waals surface area contributed by atoms with Gasteiger partial charge < -0.3 is 13.9 Å². The third-order valence-corrected chi connectivity index (χ3v) is 7.74. The molecule has 9 nitrogen and oxygen atoms in total. The minimum Gasteiger partial charge on any atom is -0.489 e. The molecule has 1 N–H and O–H groups in total. The lowest BCUT2D eigenvalue weighted by atomic mass is 10.1. The van der Waals surface area contributed by atoms with E-state index in [0.717, 1.165) is 22.1 Å². The fourth-order valence-electron chi connectivity index (χ4n) is 3.93. The average Bonchev–Trinajstić information content (AvgIpc) is 3.51. The van der Waals surface area contributed by atoms with Gasteiger partial charge in [0.2, 0.25) is 0 Å². The van der Waals surface area contributed by atoms with E-state index in [4.69, 9.17) is 13.9 Å². The van der Waals surface area contributed by atoms with E-state index in [1.807, 2.05) is 47.8 Å². The van der Waals surface area contributed by atoms with Crippen molar-refractivity contribution in [3.63, 3.8) is 0 Å². The number of benzene rings is 2. The molecule has 4 rings (SSSR count). The van der Waals surface area contributed by atoms with Crippen molar-refractivity contribution >= 4 is 44.2 Å². The van der Waals surface area contributed by atoms with Gasteiger partial charge in [0, 0.05) is 27.4 Å². The number of carbonyl (C=O) groups is 1. The van der Waals surface area contributed by atoms with Gasteiger partial charge in [-0.3, -0.25) is 4.79 Å². The van der Waals surface area contributed by atoms with Gasteiger partial charge in [0.05, 0.1) is 30.7 Å². The Bertz CT molecular complexity index is 1610. The number of nitrogens with zero attached hydrogens (tertiary/aromatic N) is 2. The maximum absolute atomic E-state index is 12.4. The number of fused-ring (bicyclic) bond motifs is 1. The second-order valence-electron chi connectivity index (χ2n) is 9.90. The lowest BCUT2D eigenvalue weighted by Gasteiger charge is -2.18. The molecule has 39 heavy (non-hydrogen) atoms. The summed E-state index contributed by atoms with van der Waals surface area (Å²) in [6.07, 6.45) is 1.73. The molecular formula is C28H31N3O6S2. The van der Waals surface area contributed by atoms with Crippen molar-refractivity contribution in [3.05, 3.63) is 70.2 Å². The van der Waals surface area contributed by atoms with Crippen LogP contribution in [0.5, 0.6) is 5.75 Å². The first-order valence-corrected chi connectivity index (χ1v) is 14.7. The molecule has 0 aliphatic heterocycles. The topological polar surface area (TPSA) is 120 Å². The van der Waals surface area contributed by atoms with Crippen LogP contribution in [0.3, 0.4) is 0 Å². The van der Waals surface area contributed by atoms with Crippen LogP contribution in [0.25, 0.3) is 22.2 Å². The monoisotopic (exact) mass is 569 g/mol. The number of carbonyl (C=O) groups excluding carboxylic acids is 1. The van der Waals surface area contributed by atoms with Crippen LogP contribution >= 0.6 is 11.3 Å². The maximum Gasteiger partial charge on any atom is 0.320 e. The van der Waals surface area contributed by atoms with Crippen molar-refractivity contribution in [1.29, 1.82) is 0 Å². The summed E-state index contributed by atoms with van der Waals surface area (Å²) in [5, 5.41) is 3.20. The first-order chi connectivity index (χ1) is 18.4. The van der Waals surface area contributed by atoms with E-state index >= 15 is 0 Å². The molecule has 0 atom stereocenters. The zero-order valence-corrected chi connectivity index (χ0v) is 24.1. The summed E-state index contributed by atoms with van der Waals surface area (Å²) in [5.41, 5.74) is 3.31. The summed E-state index contributed by atoms with van der Waals surface area (Å²) in [6.45, 7) is 9.22. The molecule has 4 aromatic rings. The Morgan fingerprint density at radius 2 is 1.95 bits per heavy atom. The number of hydrogen-bond acceptors (Lipinski definition) is 8. The number of rotatable bonds is 10. The number of para-hydroxylation sites is 1. The van der Waals surface area contributed by atoms with Crippen LogP contribution < -0.4 is 9.46 Å². The fourth-order valence-corrected chi connectivity index (χ4v) is 6.02. The molecule has 0 unspecified atom stereocenters. The predicted molar refractivity (Wildman–Crippen MR) is 152 cm³/mol. The Labute approximate surface area is 232 Å². The van der Waals surface area contributed by atoms with Crippen LogP contribution in [-0.4, -0.2) is 37.2 Å². The standard InChI is InChI=1S/C28H31N3O6S2/c1-6-35-25(32)15-20-9-7-8-10-24(20)37-16-19-13-21-11-12-36-26(21)22(14-19)23-17-38-27(29-23)18(2)30-39(33,34)31-28(3,4)5/h7-14,17,31H,6,15-16H2,1-5H3/b30-18-. The maximum atomic E-state index is 12.4. The molecule has 0 saturated heterocycles. The van der Waals surface area contributed by atoms with Gasteiger partial charge in [-0.25, -0.2) is 4.98 Å². The summed E-state index contributed by atoms with van der Waals surface area (Å²) in [4.78, 5) is 16.7. The van der Waals surface area contributed by atoms with Crippen molar-refractivity contribution in [2.24, 2.45) is 4.40 Å². The molecule has 2 aromatic heterocycles. The molecule has 0 bridgehead atoms. The third kappa shape index (κ3) is 7.53. The van der Waals surface area contributed by atoms with Crippen LogP contribution in [0, 0.1) is 0 Å². The predicted octanol–water partition coefficient (Wildman–Crippen LogP) is 5.68. The van der Waals surface area contributed by atoms with Gasteiger partial charge in [0.15, 0.2) is 0 Å². The van der Waals surface area contributed by atoms with Crippen molar-refractivity contribution in [1.82, 2.24) is 9.71 Å². The summed E-state index contributed by atoms with van der Waals surface area (Å²) >= 11 is 1.30. The van der Waals surface area contributed by atoms with Gasteiger partial charge in [-0.2, -0.15) is 17.5 Å². The lowest BCUT2D eigenvalue weighted by molar-refractivity contribution is -0.142. The van der Waals surface area contributed by atoms with Gasteiger partial charge in [0.25, 0.3) is 0 Å². The van der Waals surface area contributed by atoms with Crippen LogP contribution in [-0.2, 0) is 32.8 Å². The van der Waals surface area contributed by atoms with Gasteiger partial charge in [0.1, 0.15) is 22.9 Å². The van der Waals surface area contributed by atoms with E-state index in [9.17, 15) is 13.2 Å². The van der Waals surface area contributed by atoms with Crippen molar-refractivity contribution in [3.8, 4) is 17.0 Å². The molecule has 0 saturated carbocycles. The highest BCUT2D eigenvalue weighted by atomic mass is 32.2. The molecule has 2 aromatic carbocycles. The smallest absolute Gasteiger partial charge is 0.320 e. The van der Waals surface area contributed by atoms with Gasteiger partial charge >= 0.3 is 16.2 Å². The third-order valence-electron chi connectivity index (χ3n) is 5.40. The Morgan fingerprint density at radius 3 is 2.69 bits per heavy atom. The van der Waals surface area contributed by atoms with Gasteiger partial charge in [-0.15, -0.1) is 11.3 Å². The summed E-state index contributed by atoms with van der Waals surface area (Å²) in [7, 11) is -3.88. The molecule has 0 aliphatic carbocycles. The van der Waals surface area contributed by atoms with Gasteiger partial charge in [-0.05, 0) is 64.4 Å². The largest absolute Gasteiger partial charge is 0.489 e. The average molecular weight is 570 g/mol. The van der Waals surface area contributed by atoms with E-state index in [1.165, 1.54) is 11.3 Å². The number of hydrogen-bond donors (Lipinski definition) is 1. The molecule has 0 radical (unpaired) electrons. The van der Waals surface area contributed by atoms with E-state index in [1.54, 1.807) is 40.9 Å². The highest BCUT2D eigenvalue weighted by molar-refractivity contribution is 7.88. The fraction of sp³-hybridized carbons (Fsp3) is 0.321. The second-order valence-corrected chi connectivity index (χ2v) is 12.1. The molecule has 11 heteroatoms. The number of esters is 1. The van der Waals surface area contributed by atoms with E-state index in [0.29, 0.717) is 28.6 Å². The molecule has 206 valence electrons. The van der Waals surface area contributed by atoms with E-state index in [2.05, 4.69) is 14.1 Å². The number of aromatic nitrogens is 1. The second kappa shape index (κ2) is 11.7. The summed E-state index contributed by atoms with van der Waals surface area (Å²) < 4.78 is 48.2. The Morgan fingerprint density at radius 1 is 1.18 bits per heavy atom. The minimum absolute atomic E-state index is 0.125. The highest BCUT2D eigenvalue weighted by Gasteiger charge is 2.21. The Kier molecular flexibility index (Phi) is 8.53. The highest BCUT2D eigenvalue weighted by Crippen LogP contribution is 2.33. The van der Waals surface area contributed by atoms with E-state index < -0.39 is 15.7 Å². The van der Waals surface area contributed by atoms with Crippen molar-refractivity contribution in [2.75, 3.05) is 6.61 Å². The number of thiazole rings is 1. The normalized spacial score (nSPS) is 12.6. The van der Waals surface area contributed by atoms with Crippen molar-refractivity contribution < 1.29 is 27.1 Å². The number of furan rings is 1. The first-order valence-electron chi connectivity index (χ1n) is 12.4. The van der Waals surface area contributed by atoms with Gasteiger partial charge in [-0.1, -0.05) is 18.2 Å². The zero-order valence-electron chi connectivity index (χ0n) is 22.5. The molecular weight excluding hydrogens is 538 g/mol. The summed E-state index contributed by atoms with van der Waals surface area (Å²) in [5.74, 6) is 0.294. The summed E-state index contributed by atoms with van der Waals surface area (Å²) in [6, 6.07) is 13.1. The molecule has 0 fully saturated rings. The quantitative estimate of drug-likeness (QED) is 0.193. The molecule has 0 spiro atoms. The van der Waals surface area contributed by atoms with Crippen molar-refractivity contribution in [2.45, 2.75) is 53.2 Å². The Balaban J connectivity index is 1.59. The molecule has 0 amide bonds. The first kappa shape index (κ1) is 28.5. The van der Waals surface area contributed by atoms with Crippen LogP contribution in [0.1, 0.15) is 50.8 Å². The van der Waals surface area contributed by atoms with E-state index in [-0.39, 0.29) is 24.7 Å². The molecule has 2 heterocycles.